The molecule has 10 heteroatoms. The number of furan rings is 1. The van der Waals surface area contributed by atoms with E-state index in [0.29, 0.717) is 10.6 Å². The first-order chi connectivity index (χ1) is 12.8. The van der Waals surface area contributed by atoms with Crippen LogP contribution in [0, 0.1) is 10.1 Å². The van der Waals surface area contributed by atoms with Crippen LogP contribution in [0.25, 0.3) is 6.08 Å². The molecule has 1 fully saturated rings. The summed E-state index contributed by atoms with van der Waals surface area (Å²) in [7, 11) is 0. The maximum absolute atomic E-state index is 12.5. The van der Waals surface area contributed by atoms with Gasteiger partial charge in [-0.05, 0) is 30.7 Å². The molecule has 0 radical (unpaired) electrons. The Morgan fingerprint density at radius 1 is 1.33 bits per heavy atom. The third-order valence-corrected chi connectivity index (χ3v) is 3.94. The van der Waals surface area contributed by atoms with E-state index in [4.69, 9.17) is 4.42 Å². The van der Waals surface area contributed by atoms with E-state index >= 15 is 0 Å². The standard InChI is InChI=1S/C17H14N4O6/c1-17(13-6-3-9-27-13)15(23)20(16(24)18-17)19-14(22)8-7-11-4-2-5-12(10-11)21(25)26/h2-10H,1H3,(H,18,24)(H,19,22). The van der Waals surface area contributed by atoms with Crippen LogP contribution < -0.4 is 10.7 Å². The minimum Gasteiger partial charge on any atom is -0.466 e. The van der Waals surface area contributed by atoms with Gasteiger partial charge in [-0.3, -0.25) is 25.1 Å². The van der Waals surface area contributed by atoms with Crippen molar-refractivity contribution >= 4 is 29.6 Å². The van der Waals surface area contributed by atoms with Crippen LogP contribution >= 0.6 is 0 Å². The highest BCUT2D eigenvalue weighted by atomic mass is 16.6. The van der Waals surface area contributed by atoms with Crippen molar-refractivity contribution < 1.29 is 23.7 Å². The molecule has 1 aliphatic heterocycles. The van der Waals surface area contributed by atoms with Crippen LogP contribution in [0.5, 0.6) is 0 Å². The molecule has 2 aromatic rings. The van der Waals surface area contributed by atoms with Crippen LogP contribution in [0.3, 0.4) is 0 Å². The quantitative estimate of drug-likeness (QED) is 0.356. The lowest BCUT2D eigenvalue weighted by Crippen LogP contribution is -2.47. The summed E-state index contributed by atoms with van der Waals surface area (Å²) in [4.78, 5) is 46.9. The van der Waals surface area contributed by atoms with Gasteiger partial charge in [0.1, 0.15) is 5.76 Å². The first-order valence-corrected chi connectivity index (χ1v) is 7.75. The number of carbonyl (C=O) groups excluding carboxylic acids is 3. The van der Waals surface area contributed by atoms with Gasteiger partial charge in [-0.25, -0.2) is 4.79 Å². The second kappa shape index (κ2) is 6.75. The molecule has 1 aromatic carbocycles. The zero-order valence-electron chi connectivity index (χ0n) is 14.0. The van der Waals surface area contributed by atoms with Crippen molar-refractivity contribution in [2.45, 2.75) is 12.5 Å². The van der Waals surface area contributed by atoms with E-state index in [1.165, 1.54) is 43.5 Å². The highest BCUT2D eigenvalue weighted by Crippen LogP contribution is 2.28. The minimum absolute atomic E-state index is 0.124. The fourth-order valence-corrected chi connectivity index (χ4v) is 2.53. The van der Waals surface area contributed by atoms with Gasteiger partial charge in [-0.2, -0.15) is 5.01 Å². The number of nitrogens with one attached hydrogen (secondary N) is 2. The van der Waals surface area contributed by atoms with Crippen molar-refractivity contribution in [2.75, 3.05) is 0 Å². The predicted octanol–water partition coefficient (Wildman–Crippen LogP) is 1.70. The lowest BCUT2D eigenvalue weighted by molar-refractivity contribution is -0.384. The Kier molecular flexibility index (Phi) is 4.46. The summed E-state index contributed by atoms with van der Waals surface area (Å²) in [5, 5.41) is 13.8. The number of hydrazine groups is 1. The topological polar surface area (TPSA) is 135 Å². The molecule has 0 saturated carbocycles. The number of non-ortho nitro benzene ring substituents is 1. The normalized spacial score (nSPS) is 19.4. The van der Waals surface area contributed by atoms with Crippen molar-refractivity contribution in [1.29, 1.82) is 0 Å². The molecule has 0 spiro atoms. The molecule has 138 valence electrons. The van der Waals surface area contributed by atoms with Crippen LogP contribution in [0.4, 0.5) is 10.5 Å². The number of rotatable bonds is 5. The Bertz CT molecular complexity index is 952. The number of amides is 4. The maximum atomic E-state index is 12.5. The molecule has 27 heavy (non-hydrogen) atoms. The molecule has 1 atom stereocenters. The molecule has 0 aliphatic carbocycles. The van der Waals surface area contributed by atoms with Gasteiger partial charge in [0.25, 0.3) is 17.5 Å². The number of hydrogen-bond acceptors (Lipinski definition) is 6. The smallest absolute Gasteiger partial charge is 0.344 e. The van der Waals surface area contributed by atoms with E-state index in [9.17, 15) is 24.5 Å². The first kappa shape index (κ1) is 17.9. The van der Waals surface area contributed by atoms with E-state index < -0.39 is 28.3 Å². The Balaban J connectivity index is 1.71. The van der Waals surface area contributed by atoms with Crippen molar-refractivity contribution in [3.63, 3.8) is 0 Å². The molecular formula is C17H14N4O6. The third kappa shape index (κ3) is 3.40. The van der Waals surface area contributed by atoms with Gasteiger partial charge < -0.3 is 9.73 Å². The summed E-state index contributed by atoms with van der Waals surface area (Å²) in [5.74, 6) is -1.24. The molecule has 2 heterocycles. The fourth-order valence-electron chi connectivity index (χ4n) is 2.53. The Labute approximate surface area is 152 Å². The SMILES string of the molecule is CC1(c2ccco2)NC(=O)N(NC(=O)C=Cc2cccc([N+](=O)[O-])c2)C1=O. The molecule has 3 rings (SSSR count). The number of nitrogens with zero attached hydrogens (tertiary/aromatic N) is 2. The van der Waals surface area contributed by atoms with E-state index in [-0.39, 0.29) is 11.4 Å². The number of urea groups is 1. The molecule has 1 aromatic heterocycles. The van der Waals surface area contributed by atoms with Gasteiger partial charge in [0, 0.05) is 18.2 Å². The summed E-state index contributed by atoms with van der Waals surface area (Å²) in [6, 6.07) is 7.94. The van der Waals surface area contributed by atoms with Gasteiger partial charge in [0.15, 0.2) is 5.54 Å². The van der Waals surface area contributed by atoms with E-state index in [1.807, 2.05) is 0 Å². The van der Waals surface area contributed by atoms with Gasteiger partial charge in [-0.15, -0.1) is 0 Å². The lowest BCUT2D eigenvalue weighted by atomic mass is 10.00. The van der Waals surface area contributed by atoms with Crippen LogP contribution in [-0.2, 0) is 15.1 Å². The molecule has 1 aliphatic rings. The number of hydrogen-bond donors (Lipinski definition) is 2. The number of carbonyl (C=O) groups is 3. The molecule has 4 amide bonds. The zero-order valence-corrected chi connectivity index (χ0v) is 14.0. The number of nitro benzene ring substituents is 1. The molecule has 1 saturated heterocycles. The van der Waals surface area contributed by atoms with Crippen LogP contribution in [-0.4, -0.2) is 27.8 Å². The molecule has 0 bridgehead atoms. The third-order valence-electron chi connectivity index (χ3n) is 3.94. The van der Waals surface area contributed by atoms with Crippen LogP contribution in [0.1, 0.15) is 18.2 Å². The molecule has 2 N–H and O–H groups in total. The van der Waals surface area contributed by atoms with Gasteiger partial charge >= 0.3 is 6.03 Å². The second-order valence-corrected chi connectivity index (χ2v) is 5.83. The Hall–Kier alpha value is -3.95. The minimum atomic E-state index is -1.43. The zero-order chi connectivity index (χ0) is 19.6. The summed E-state index contributed by atoms with van der Waals surface area (Å²) in [6.07, 6.45) is 3.75. The van der Waals surface area contributed by atoms with Gasteiger partial charge in [-0.1, -0.05) is 12.1 Å². The lowest BCUT2D eigenvalue weighted by Gasteiger charge is -2.18. The fraction of sp³-hybridized carbons (Fsp3) is 0.118. The van der Waals surface area contributed by atoms with Crippen molar-refractivity contribution in [2.24, 2.45) is 0 Å². The maximum Gasteiger partial charge on any atom is 0.344 e. The number of imide groups is 1. The van der Waals surface area contributed by atoms with Crippen LogP contribution in [0.15, 0.2) is 53.2 Å². The number of benzene rings is 1. The predicted molar refractivity (Wildman–Crippen MR) is 91.7 cm³/mol. The molecule has 10 nitrogen and oxygen atoms in total. The van der Waals surface area contributed by atoms with E-state index in [2.05, 4.69) is 10.7 Å². The summed E-state index contributed by atoms with van der Waals surface area (Å²) in [6.45, 7) is 1.46. The van der Waals surface area contributed by atoms with Crippen molar-refractivity contribution in [1.82, 2.24) is 15.8 Å². The van der Waals surface area contributed by atoms with E-state index in [1.54, 1.807) is 12.1 Å². The van der Waals surface area contributed by atoms with E-state index in [0.717, 1.165) is 6.08 Å². The Morgan fingerprint density at radius 3 is 2.78 bits per heavy atom. The number of nitro groups is 1. The Morgan fingerprint density at radius 2 is 2.11 bits per heavy atom. The average Bonchev–Trinajstić information content (AvgIpc) is 3.25. The monoisotopic (exact) mass is 370 g/mol. The highest BCUT2D eigenvalue weighted by Gasteiger charge is 2.51. The van der Waals surface area contributed by atoms with Crippen LogP contribution in [0.2, 0.25) is 0 Å². The van der Waals surface area contributed by atoms with Gasteiger partial charge in [0.2, 0.25) is 0 Å². The summed E-state index contributed by atoms with van der Waals surface area (Å²) in [5.41, 5.74) is 1.03. The summed E-state index contributed by atoms with van der Waals surface area (Å²) >= 11 is 0. The second-order valence-electron chi connectivity index (χ2n) is 5.83. The highest BCUT2D eigenvalue weighted by molar-refractivity contribution is 6.08. The van der Waals surface area contributed by atoms with Gasteiger partial charge in [0.05, 0.1) is 11.2 Å². The largest absolute Gasteiger partial charge is 0.466 e. The molecular weight excluding hydrogens is 356 g/mol. The van der Waals surface area contributed by atoms with Crippen molar-refractivity contribution in [3.05, 3.63) is 70.2 Å². The molecule has 1 unspecified atom stereocenters. The van der Waals surface area contributed by atoms with Crippen molar-refractivity contribution in [3.8, 4) is 0 Å². The average molecular weight is 370 g/mol. The first-order valence-electron chi connectivity index (χ1n) is 7.75. The summed E-state index contributed by atoms with van der Waals surface area (Å²) < 4.78 is 5.18.